The Morgan fingerprint density at radius 1 is 0.846 bits per heavy atom. The van der Waals surface area contributed by atoms with Crippen molar-refractivity contribution in [1.82, 2.24) is 15.5 Å². The quantitative estimate of drug-likeness (QED) is 0.810. The molecule has 4 rings (SSSR count). The molecule has 140 valence electrons. The standard InChI is InChI=1S/C20H27N3O3/c24-18-8-4-3-7-17(22-18)23-14-6-2-1-5-13-21-19(25)15-9-11-16(12-10-15)20(23)26/h9-12,17H,1-8,13-14H2,(H,21,25)(H,22,24). The van der Waals surface area contributed by atoms with Crippen molar-refractivity contribution >= 4 is 17.7 Å². The predicted molar refractivity (Wildman–Crippen MR) is 98.7 cm³/mol. The lowest BCUT2D eigenvalue weighted by Gasteiger charge is -2.32. The minimum Gasteiger partial charge on any atom is -0.352 e. The minimum atomic E-state index is -0.242. The van der Waals surface area contributed by atoms with E-state index in [2.05, 4.69) is 10.6 Å². The van der Waals surface area contributed by atoms with E-state index in [0.717, 1.165) is 44.9 Å². The van der Waals surface area contributed by atoms with E-state index in [9.17, 15) is 14.4 Å². The third-order valence-corrected chi connectivity index (χ3v) is 5.10. The van der Waals surface area contributed by atoms with Crippen LogP contribution < -0.4 is 10.6 Å². The normalized spacial score (nSPS) is 23.0. The number of nitrogens with zero attached hydrogens (tertiary/aromatic N) is 1. The van der Waals surface area contributed by atoms with Crippen LogP contribution in [0.3, 0.4) is 0 Å². The Labute approximate surface area is 154 Å². The molecule has 1 atom stereocenters. The van der Waals surface area contributed by atoms with Crippen LogP contribution in [-0.2, 0) is 4.79 Å². The number of rotatable bonds is 1. The van der Waals surface area contributed by atoms with Gasteiger partial charge in [0.1, 0.15) is 6.17 Å². The summed E-state index contributed by atoms with van der Waals surface area (Å²) in [5.74, 6) is -0.165. The molecule has 1 fully saturated rings. The Kier molecular flexibility index (Phi) is 6.26. The van der Waals surface area contributed by atoms with Gasteiger partial charge in [-0.1, -0.05) is 12.8 Å². The van der Waals surface area contributed by atoms with Crippen LogP contribution in [0.5, 0.6) is 0 Å². The number of carbonyl (C=O) groups excluding carboxylic acids is 3. The summed E-state index contributed by atoms with van der Waals surface area (Å²) in [6, 6.07) is 6.79. The van der Waals surface area contributed by atoms with E-state index in [0.29, 0.717) is 30.6 Å². The Hall–Kier alpha value is -2.37. The average Bonchev–Trinajstić information content (AvgIpc) is 2.87. The summed E-state index contributed by atoms with van der Waals surface area (Å²) in [6.45, 7) is 1.31. The highest BCUT2D eigenvalue weighted by molar-refractivity contribution is 5.98. The minimum absolute atomic E-state index is 0.0201. The Morgan fingerprint density at radius 3 is 2.38 bits per heavy atom. The highest BCUT2D eigenvalue weighted by atomic mass is 16.2. The van der Waals surface area contributed by atoms with E-state index >= 15 is 0 Å². The van der Waals surface area contributed by atoms with Gasteiger partial charge in [0.25, 0.3) is 11.8 Å². The summed E-state index contributed by atoms with van der Waals surface area (Å²) in [7, 11) is 0. The van der Waals surface area contributed by atoms with Crippen molar-refractivity contribution < 1.29 is 14.4 Å². The molecule has 0 saturated carbocycles. The zero-order chi connectivity index (χ0) is 18.4. The molecule has 2 N–H and O–H groups in total. The number of hydrogen-bond donors (Lipinski definition) is 2. The molecule has 3 aliphatic heterocycles. The SMILES string of the molecule is O=C1CCCCC(N2CCCCCCNC(=O)c3ccc(cc3)C2=O)N1. The maximum atomic E-state index is 13.1. The lowest BCUT2D eigenvalue weighted by Crippen LogP contribution is -2.50. The maximum Gasteiger partial charge on any atom is 0.255 e. The molecule has 1 saturated heterocycles. The average molecular weight is 357 g/mol. The number of hydrogen-bond acceptors (Lipinski definition) is 3. The summed E-state index contributed by atoms with van der Waals surface area (Å²) < 4.78 is 0. The largest absolute Gasteiger partial charge is 0.352 e. The monoisotopic (exact) mass is 357 g/mol. The number of amides is 3. The first kappa shape index (κ1) is 18.4. The van der Waals surface area contributed by atoms with Gasteiger partial charge in [-0.15, -0.1) is 0 Å². The second-order valence-electron chi connectivity index (χ2n) is 7.08. The van der Waals surface area contributed by atoms with E-state index in [-0.39, 0.29) is 23.9 Å². The van der Waals surface area contributed by atoms with E-state index in [1.807, 2.05) is 4.90 Å². The molecule has 3 aliphatic rings. The summed E-state index contributed by atoms with van der Waals surface area (Å²) in [6.07, 6.45) is 6.71. The van der Waals surface area contributed by atoms with Crippen molar-refractivity contribution in [3.63, 3.8) is 0 Å². The van der Waals surface area contributed by atoms with Crippen molar-refractivity contribution in [2.75, 3.05) is 13.1 Å². The van der Waals surface area contributed by atoms with E-state index in [4.69, 9.17) is 0 Å². The third-order valence-electron chi connectivity index (χ3n) is 5.10. The zero-order valence-electron chi connectivity index (χ0n) is 15.1. The second kappa shape index (κ2) is 8.83. The third kappa shape index (κ3) is 4.62. The first-order valence-corrected chi connectivity index (χ1v) is 9.64. The van der Waals surface area contributed by atoms with Gasteiger partial charge >= 0.3 is 0 Å². The van der Waals surface area contributed by atoms with E-state index in [1.165, 1.54) is 0 Å². The fourth-order valence-electron chi connectivity index (χ4n) is 3.58. The zero-order valence-corrected chi connectivity index (χ0v) is 15.1. The van der Waals surface area contributed by atoms with Gasteiger partial charge in [-0.25, -0.2) is 0 Å². The topological polar surface area (TPSA) is 78.5 Å². The predicted octanol–water partition coefficient (Wildman–Crippen LogP) is 2.45. The molecule has 6 nitrogen and oxygen atoms in total. The van der Waals surface area contributed by atoms with Crippen molar-refractivity contribution in [2.24, 2.45) is 0 Å². The smallest absolute Gasteiger partial charge is 0.255 e. The molecule has 3 amide bonds. The number of benzene rings is 1. The molecule has 0 spiro atoms. The van der Waals surface area contributed by atoms with Gasteiger partial charge < -0.3 is 15.5 Å². The molecule has 0 radical (unpaired) electrons. The number of nitrogens with one attached hydrogen (secondary N) is 2. The first-order chi connectivity index (χ1) is 12.6. The second-order valence-corrected chi connectivity index (χ2v) is 7.08. The Morgan fingerprint density at radius 2 is 1.58 bits per heavy atom. The molecule has 1 unspecified atom stereocenters. The van der Waals surface area contributed by atoms with E-state index in [1.54, 1.807) is 24.3 Å². The van der Waals surface area contributed by atoms with Crippen LogP contribution in [0.25, 0.3) is 0 Å². The summed E-state index contributed by atoms with van der Waals surface area (Å²) in [5, 5.41) is 5.93. The van der Waals surface area contributed by atoms with Crippen LogP contribution in [0.2, 0.25) is 0 Å². The molecule has 3 heterocycles. The number of fused-ring (bicyclic) bond motifs is 11. The highest BCUT2D eigenvalue weighted by Gasteiger charge is 2.27. The van der Waals surface area contributed by atoms with Crippen LogP contribution in [-0.4, -0.2) is 41.9 Å². The van der Waals surface area contributed by atoms with Crippen LogP contribution in [0.15, 0.2) is 24.3 Å². The maximum absolute atomic E-state index is 13.1. The highest BCUT2D eigenvalue weighted by Crippen LogP contribution is 2.18. The molecular formula is C20H27N3O3. The van der Waals surface area contributed by atoms with Gasteiger partial charge in [0.15, 0.2) is 0 Å². The molecule has 0 aliphatic carbocycles. The van der Waals surface area contributed by atoms with E-state index < -0.39 is 0 Å². The van der Waals surface area contributed by atoms with Gasteiger partial charge in [-0.3, -0.25) is 14.4 Å². The molecule has 1 aromatic carbocycles. The van der Waals surface area contributed by atoms with Crippen molar-refractivity contribution in [3.05, 3.63) is 35.4 Å². The molecule has 0 aromatic heterocycles. The van der Waals surface area contributed by atoms with Crippen LogP contribution >= 0.6 is 0 Å². The van der Waals surface area contributed by atoms with Crippen molar-refractivity contribution in [1.29, 1.82) is 0 Å². The van der Waals surface area contributed by atoms with Crippen molar-refractivity contribution in [2.45, 2.75) is 57.5 Å². The fourth-order valence-corrected chi connectivity index (χ4v) is 3.58. The van der Waals surface area contributed by atoms with Gasteiger partial charge in [-0.2, -0.15) is 0 Å². The summed E-state index contributed by atoms with van der Waals surface area (Å²) in [5.41, 5.74) is 1.12. The Balaban J connectivity index is 1.84. The summed E-state index contributed by atoms with van der Waals surface area (Å²) >= 11 is 0. The van der Waals surface area contributed by atoms with Gasteiger partial charge in [0.2, 0.25) is 5.91 Å². The van der Waals surface area contributed by atoms with Gasteiger partial charge in [0.05, 0.1) is 0 Å². The molecule has 6 heteroatoms. The lowest BCUT2D eigenvalue weighted by atomic mass is 10.1. The van der Waals surface area contributed by atoms with Gasteiger partial charge in [0, 0.05) is 30.6 Å². The van der Waals surface area contributed by atoms with Gasteiger partial charge in [-0.05, 0) is 56.4 Å². The number of carbonyl (C=O) groups is 3. The fraction of sp³-hybridized carbons (Fsp3) is 0.550. The van der Waals surface area contributed by atoms with Crippen LogP contribution in [0, 0.1) is 0 Å². The summed E-state index contributed by atoms with van der Waals surface area (Å²) in [4.78, 5) is 39.0. The lowest BCUT2D eigenvalue weighted by molar-refractivity contribution is -0.122. The molecular weight excluding hydrogens is 330 g/mol. The van der Waals surface area contributed by atoms with Crippen molar-refractivity contribution in [3.8, 4) is 0 Å². The van der Waals surface area contributed by atoms with Crippen LogP contribution in [0.1, 0.15) is 72.1 Å². The molecule has 2 bridgehead atoms. The van der Waals surface area contributed by atoms with Crippen LogP contribution in [0.4, 0.5) is 0 Å². The first-order valence-electron chi connectivity index (χ1n) is 9.64. The molecule has 1 aromatic rings. The molecule has 26 heavy (non-hydrogen) atoms. The Bertz CT molecular complexity index is 657.